The second-order valence-electron chi connectivity index (χ2n) is 3.28. The molecule has 0 saturated carbocycles. The fraction of sp³-hybridized carbons (Fsp3) is 0.364. The Bertz CT molecular complexity index is 357. The Balaban J connectivity index is 2.39. The molecule has 5 heteroatoms. The lowest BCUT2D eigenvalue weighted by Crippen LogP contribution is -2.35. The molecule has 0 aliphatic carbocycles. The minimum atomic E-state index is -0.732. The van der Waals surface area contributed by atoms with Crippen LogP contribution in [0.5, 0.6) is 0 Å². The van der Waals surface area contributed by atoms with Crippen molar-refractivity contribution in [2.45, 2.75) is 25.8 Å². The molecule has 0 bridgehead atoms. The lowest BCUT2D eigenvalue weighted by atomic mass is 10.2. The number of amides is 1. The van der Waals surface area contributed by atoms with Gasteiger partial charge in [-0.3, -0.25) is 4.79 Å². The van der Waals surface area contributed by atoms with Gasteiger partial charge in [0, 0.05) is 12.5 Å². The summed E-state index contributed by atoms with van der Waals surface area (Å²) in [5.41, 5.74) is 0. The van der Waals surface area contributed by atoms with E-state index in [1.807, 2.05) is 0 Å². The number of carbonyl (C=O) groups is 3. The summed E-state index contributed by atoms with van der Waals surface area (Å²) >= 11 is 0. The molecule has 0 aromatic heterocycles. The summed E-state index contributed by atoms with van der Waals surface area (Å²) in [5, 5.41) is 2.42. The van der Waals surface area contributed by atoms with Gasteiger partial charge in [-0.05, 0) is 13.3 Å². The number of allylic oxidation sites excluding steroid dienone is 3. The number of esters is 2. The Hall–Kier alpha value is -1.91. The highest BCUT2D eigenvalue weighted by Crippen LogP contribution is 2.08. The number of rotatable bonds is 3. The van der Waals surface area contributed by atoms with E-state index in [1.165, 1.54) is 6.08 Å². The first-order valence-electron chi connectivity index (χ1n) is 4.98. The molecule has 5 nitrogen and oxygen atoms in total. The van der Waals surface area contributed by atoms with Crippen molar-refractivity contribution in [3.8, 4) is 0 Å². The highest BCUT2D eigenvalue weighted by molar-refractivity contribution is 5.96. The second-order valence-corrected chi connectivity index (χ2v) is 3.28. The van der Waals surface area contributed by atoms with Crippen molar-refractivity contribution >= 4 is 17.8 Å². The molecule has 1 rings (SSSR count). The summed E-state index contributed by atoms with van der Waals surface area (Å²) in [4.78, 5) is 33.2. The highest BCUT2D eigenvalue weighted by Gasteiger charge is 2.29. The maximum absolute atomic E-state index is 11.3. The van der Waals surface area contributed by atoms with Gasteiger partial charge < -0.3 is 10.1 Å². The molecule has 1 unspecified atom stereocenters. The SMILES string of the molecule is C/C=C/C=C/C(=O)OC(=O)C1CCC(=O)N1. The number of carbonyl (C=O) groups excluding carboxylic acids is 3. The number of hydrogen-bond acceptors (Lipinski definition) is 4. The summed E-state index contributed by atoms with van der Waals surface area (Å²) in [6.45, 7) is 1.80. The van der Waals surface area contributed by atoms with Crippen LogP contribution in [-0.2, 0) is 19.1 Å². The van der Waals surface area contributed by atoms with Crippen molar-refractivity contribution in [1.82, 2.24) is 5.32 Å². The Morgan fingerprint density at radius 1 is 1.44 bits per heavy atom. The Morgan fingerprint density at radius 3 is 2.75 bits per heavy atom. The zero-order chi connectivity index (χ0) is 12.0. The molecular formula is C11H13NO4. The van der Waals surface area contributed by atoms with E-state index in [2.05, 4.69) is 10.1 Å². The van der Waals surface area contributed by atoms with E-state index < -0.39 is 18.0 Å². The third-order valence-corrected chi connectivity index (χ3v) is 2.02. The van der Waals surface area contributed by atoms with Crippen LogP contribution >= 0.6 is 0 Å². The summed E-state index contributed by atoms with van der Waals surface area (Å²) < 4.78 is 4.52. The van der Waals surface area contributed by atoms with Crippen molar-refractivity contribution in [3.05, 3.63) is 24.3 Å². The third kappa shape index (κ3) is 3.68. The fourth-order valence-electron chi connectivity index (χ4n) is 1.24. The summed E-state index contributed by atoms with van der Waals surface area (Å²) in [6.07, 6.45) is 6.68. The molecule has 1 saturated heterocycles. The number of ether oxygens (including phenoxy) is 1. The van der Waals surface area contributed by atoms with Gasteiger partial charge in [0.05, 0.1) is 0 Å². The monoisotopic (exact) mass is 223 g/mol. The lowest BCUT2D eigenvalue weighted by molar-refractivity contribution is -0.157. The van der Waals surface area contributed by atoms with Crippen LogP contribution in [0.25, 0.3) is 0 Å². The molecule has 16 heavy (non-hydrogen) atoms. The molecule has 1 heterocycles. The van der Waals surface area contributed by atoms with E-state index in [1.54, 1.807) is 19.1 Å². The Morgan fingerprint density at radius 2 is 2.19 bits per heavy atom. The maximum atomic E-state index is 11.3. The van der Waals surface area contributed by atoms with Gasteiger partial charge in [-0.1, -0.05) is 18.2 Å². The average Bonchev–Trinajstić information content (AvgIpc) is 2.65. The molecule has 0 spiro atoms. The van der Waals surface area contributed by atoms with Gasteiger partial charge in [0.2, 0.25) is 5.91 Å². The maximum Gasteiger partial charge on any atom is 0.338 e. The Labute approximate surface area is 93.2 Å². The van der Waals surface area contributed by atoms with Crippen LogP contribution in [0.1, 0.15) is 19.8 Å². The minimum Gasteiger partial charge on any atom is -0.388 e. The quantitative estimate of drug-likeness (QED) is 0.326. The molecular weight excluding hydrogens is 210 g/mol. The van der Waals surface area contributed by atoms with E-state index in [0.717, 1.165) is 6.08 Å². The van der Waals surface area contributed by atoms with Gasteiger partial charge in [-0.2, -0.15) is 0 Å². The number of nitrogens with one attached hydrogen (secondary N) is 1. The van der Waals surface area contributed by atoms with Crippen LogP contribution in [-0.4, -0.2) is 23.9 Å². The first-order valence-corrected chi connectivity index (χ1v) is 4.98. The smallest absolute Gasteiger partial charge is 0.338 e. The molecule has 1 aliphatic heterocycles. The van der Waals surface area contributed by atoms with Crippen molar-refractivity contribution in [3.63, 3.8) is 0 Å². The van der Waals surface area contributed by atoms with Crippen LogP contribution < -0.4 is 5.32 Å². The predicted octanol–water partition coefficient (Wildman–Crippen LogP) is 0.467. The van der Waals surface area contributed by atoms with E-state index >= 15 is 0 Å². The molecule has 0 radical (unpaired) electrons. The zero-order valence-electron chi connectivity index (χ0n) is 8.93. The fourth-order valence-corrected chi connectivity index (χ4v) is 1.24. The van der Waals surface area contributed by atoms with Gasteiger partial charge in [0.15, 0.2) is 0 Å². The van der Waals surface area contributed by atoms with Crippen molar-refractivity contribution < 1.29 is 19.1 Å². The van der Waals surface area contributed by atoms with Crippen LogP contribution in [0.3, 0.4) is 0 Å². The summed E-state index contributed by atoms with van der Waals surface area (Å²) in [7, 11) is 0. The zero-order valence-corrected chi connectivity index (χ0v) is 8.93. The number of hydrogen-bond donors (Lipinski definition) is 1. The first kappa shape index (κ1) is 12.2. The standard InChI is InChI=1S/C11H13NO4/c1-2-3-4-5-10(14)16-11(15)8-6-7-9(13)12-8/h2-5,8H,6-7H2,1H3,(H,12,13)/b3-2+,5-4+. The molecule has 1 N–H and O–H groups in total. The molecule has 0 aromatic rings. The van der Waals surface area contributed by atoms with Crippen LogP contribution in [0.4, 0.5) is 0 Å². The van der Waals surface area contributed by atoms with Crippen LogP contribution in [0.2, 0.25) is 0 Å². The summed E-state index contributed by atoms with van der Waals surface area (Å²) in [6, 6.07) is -0.688. The van der Waals surface area contributed by atoms with Gasteiger partial charge in [-0.25, -0.2) is 9.59 Å². The minimum absolute atomic E-state index is 0.196. The molecule has 1 atom stereocenters. The Kier molecular flexibility index (Phi) is 4.44. The summed E-state index contributed by atoms with van der Waals surface area (Å²) in [5.74, 6) is -1.64. The van der Waals surface area contributed by atoms with Crippen LogP contribution in [0.15, 0.2) is 24.3 Å². The molecule has 86 valence electrons. The third-order valence-electron chi connectivity index (χ3n) is 2.02. The molecule has 0 aromatic carbocycles. The van der Waals surface area contributed by atoms with E-state index in [0.29, 0.717) is 12.8 Å². The highest BCUT2D eigenvalue weighted by atomic mass is 16.6. The van der Waals surface area contributed by atoms with Crippen LogP contribution in [0, 0.1) is 0 Å². The van der Waals surface area contributed by atoms with Gasteiger partial charge in [0.25, 0.3) is 0 Å². The van der Waals surface area contributed by atoms with Crippen molar-refractivity contribution in [2.24, 2.45) is 0 Å². The lowest BCUT2D eigenvalue weighted by Gasteiger charge is -2.06. The average molecular weight is 223 g/mol. The van der Waals surface area contributed by atoms with Gasteiger partial charge in [0.1, 0.15) is 6.04 Å². The molecule has 1 aliphatic rings. The predicted molar refractivity (Wildman–Crippen MR) is 56.2 cm³/mol. The van der Waals surface area contributed by atoms with Crippen molar-refractivity contribution in [1.29, 1.82) is 0 Å². The normalized spacial score (nSPS) is 20.3. The topological polar surface area (TPSA) is 72.5 Å². The van der Waals surface area contributed by atoms with Gasteiger partial charge in [-0.15, -0.1) is 0 Å². The van der Waals surface area contributed by atoms with E-state index in [9.17, 15) is 14.4 Å². The molecule has 1 fully saturated rings. The first-order chi connectivity index (χ1) is 7.63. The van der Waals surface area contributed by atoms with E-state index in [-0.39, 0.29) is 5.91 Å². The van der Waals surface area contributed by atoms with Gasteiger partial charge >= 0.3 is 11.9 Å². The van der Waals surface area contributed by atoms with Crippen molar-refractivity contribution in [2.75, 3.05) is 0 Å². The van der Waals surface area contributed by atoms with E-state index in [4.69, 9.17) is 0 Å². The largest absolute Gasteiger partial charge is 0.388 e. The molecule has 1 amide bonds. The second kappa shape index (κ2) is 5.85.